The van der Waals surface area contributed by atoms with E-state index in [0.717, 1.165) is 39.1 Å². The minimum atomic E-state index is -0.430. The fourth-order valence-corrected chi connectivity index (χ4v) is 3.37. The van der Waals surface area contributed by atoms with Gasteiger partial charge in [0.2, 0.25) is 0 Å². The van der Waals surface area contributed by atoms with Crippen molar-refractivity contribution < 1.29 is 9.53 Å². The molecule has 116 valence electrons. The van der Waals surface area contributed by atoms with Gasteiger partial charge in [0.05, 0.1) is 19.3 Å². The van der Waals surface area contributed by atoms with E-state index >= 15 is 0 Å². The number of ether oxygens (including phenoxy) is 1. The molecule has 0 saturated carbocycles. The maximum Gasteiger partial charge on any atom is 0.360 e. The molecular weight excluding hydrogens is 270 g/mol. The first-order valence-electron chi connectivity index (χ1n) is 7.53. The van der Waals surface area contributed by atoms with Crippen LogP contribution in [0.15, 0.2) is 6.20 Å². The van der Waals surface area contributed by atoms with Crippen LogP contribution in [0.25, 0.3) is 0 Å². The summed E-state index contributed by atoms with van der Waals surface area (Å²) in [5, 5.41) is 11.4. The summed E-state index contributed by atoms with van der Waals surface area (Å²) in [5.74, 6) is -0.430. The molecule has 1 N–H and O–H groups in total. The van der Waals surface area contributed by atoms with E-state index in [9.17, 15) is 4.79 Å². The van der Waals surface area contributed by atoms with Crippen molar-refractivity contribution in [1.29, 1.82) is 0 Å². The van der Waals surface area contributed by atoms with Crippen LogP contribution in [0.2, 0.25) is 0 Å². The summed E-state index contributed by atoms with van der Waals surface area (Å²) in [5.41, 5.74) is 0.664. The normalized spacial score (nSPS) is 29.9. The van der Waals surface area contributed by atoms with Gasteiger partial charge < -0.3 is 15.0 Å². The number of rotatable bonds is 4. The molecule has 2 fully saturated rings. The zero-order chi connectivity index (χ0) is 14.9. The van der Waals surface area contributed by atoms with Gasteiger partial charge in [0.15, 0.2) is 5.69 Å². The van der Waals surface area contributed by atoms with Crippen LogP contribution in [0.1, 0.15) is 36.3 Å². The molecule has 7 nitrogen and oxygen atoms in total. The molecule has 0 aliphatic carbocycles. The first-order valence-corrected chi connectivity index (χ1v) is 7.53. The van der Waals surface area contributed by atoms with Crippen molar-refractivity contribution in [2.75, 3.05) is 39.8 Å². The van der Waals surface area contributed by atoms with E-state index in [1.165, 1.54) is 13.5 Å². The Bertz CT molecular complexity index is 509. The lowest BCUT2D eigenvalue weighted by Gasteiger charge is -2.29. The van der Waals surface area contributed by atoms with Gasteiger partial charge in [-0.2, -0.15) is 0 Å². The maximum absolute atomic E-state index is 11.4. The minimum absolute atomic E-state index is 0.280. The monoisotopic (exact) mass is 293 g/mol. The van der Waals surface area contributed by atoms with Crippen molar-refractivity contribution >= 4 is 5.97 Å². The average molecular weight is 293 g/mol. The number of likely N-dealkylation sites (tertiary alicyclic amines) is 1. The lowest BCUT2D eigenvalue weighted by atomic mass is 9.89. The Labute approximate surface area is 124 Å². The molecule has 21 heavy (non-hydrogen) atoms. The second-order valence-corrected chi connectivity index (χ2v) is 6.49. The average Bonchev–Trinajstić information content (AvgIpc) is 3.18. The van der Waals surface area contributed by atoms with E-state index < -0.39 is 5.97 Å². The van der Waals surface area contributed by atoms with Crippen LogP contribution >= 0.6 is 0 Å². The number of carbonyl (C=O) groups excluding carboxylic acids is 1. The summed E-state index contributed by atoms with van der Waals surface area (Å²) in [6.45, 7) is 7.75. The molecule has 2 atom stereocenters. The standard InChI is InChI=1S/C14H23N5O2/c1-14(4-5-15-9-14)10-18-6-3-11(7-18)19-8-12(16-17-19)13(20)21-2/h8,11,15H,3-7,9-10H2,1-2H3. The van der Waals surface area contributed by atoms with Crippen molar-refractivity contribution in [2.45, 2.75) is 25.8 Å². The summed E-state index contributed by atoms with van der Waals surface area (Å²) in [4.78, 5) is 13.9. The molecule has 0 aromatic carbocycles. The third-order valence-corrected chi connectivity index (χ3v) is 4.59. The quantitative estimate of drug-likeness (QED) is 0.806. The predicted molar refractivity (Wildman–Crippen MR) is 77.0 cm³/mol. The zero-order valence-corrected chi connectivity index (χ0v) is 12.7. The predicted octanol–water partition coefficient (Wildman–Crippen LogP) is 0.311. The fraction of sp³-hybridized carbons (Fsp3) is 0.786. The lowest BCUT2D eigenvalue weighted by Crippen LogP contribution is -2.36. The Morgan fingerprint density at radius 3 is 3.19 bits per heavy atom. The fourth-order valence-electron chi connectivity index (χ4n) is 3.37. The van der Waals surface area contributed by atoms with Crippen LogP contribution in [0.5, 0.6) is 0 Å². The van der Waals surface area contributed by atoms with E-state index in [2.05, 4.69) is 32.2 Å². The van der Waals surface area contributed by atoms with Gasteiger partial charge in [-0.15, -0.1) is 5.10 Å². The highest BCUT2D eigenvalue weighted by molar-refractivity contribution is 5.86. The van der Waals surface area contributed by atoms with Crippen molar-refractivity contribution in [1.82, 2.24) is 25.2 Å². The maximum atomic E-state index is 11.4. The Morgan fingerprint density at radius 1 is 1.62 bits per heavy atom. The number of esters is 1. The first-order chi connectivity index (χ1) is 10.1. The topological polar surface area (TPSA) is 72.3 Å². The van der Waals surface area contributed by atoms with Crippen molar-refractivity contribution in [3.8, 4) is 0 Å². The molecule has 0 radical (unpaired) electrons. The molecule has 3 heterocycles. The van der Waals surface area contributed by atoms with E-state index in [1.807, 2.05) is 4.68 Å². The highest BCUT2D eigenvalue weighted by atomic mass is 16.5. The van der Waals surface area contributed by atoms with Crippen molar-refractivity contribution in [3.63, 3.8) is 0 Å². The molecule has 2 unspecified atom stereocenters. The molecule has 0 bridgehead atoms. The number of methoxy groups -OCH3 is 1. The second kappa shape index (κ2) is 5.73. The number of nitrogens with zero attached hydrogens (tertiary/aromatic N) is 4. The molecule has 7 heteroatoms. The minimum Gasteiger partial charge on any atom is -0.464 e. The third-order valence-electron chi connectivity index (χ3n) is 4.59. The van der Waals surface area contributed by atoms with Crippen molar-refractivity contribution in [3.05, 3.63) is 11.9 Å². The number of hydrogen-bond donors (Lipinski definition) is 1. The number of nitrogens with one attached hydrogen (secondary N) is 1. The summed E-state index contributed by atoms with van der Waals surface area (Å²) in [7, 11) is 1.36. The van der Waals surface area contributed by atoms with Gasteiger partial charge in [0.25, 0.3) is 0 Å². The number of hydrogen-bond acceptors (Lipinski definition) is 6. The second-order valence-electron chi connectivity index (χ2n) is 6.49. The molecule has 2 aliphatic rings. The molecular formula is C14H23N5O2. The van der Waals surface area contributed by atoms with Crippen LogP contribution in [0, 0.1) is 5.41 Å². The summed E-state index contributed by atoms with van der Waals surface area (Å²) < 4.78 is 6.47. The Balaban J connectivity index is 1.59. The Hall–Kier alpha value is -1.47. The SMILES string of the molecule is COC(=O)c1cn(C2CCN(CC3(C)CCNC3)C2)nn1. The lowest BCUT2D eigenvalue weighted by molar-refractivity contribution is 0.0594. The van der Waals surface area contributed by atoms with Gasteiger partial charge in [-0.3, -0.25) is 0 Å². The van der Waals surface area contributed by atoms with E-state index in [4.69, 9.17) is 0 Å². The highest BCUT2D eigenvalue weighted by Crippen LogP contribution is 2.29. The van der Waals surface area contributed by atoms with Gasteiger partial charge >= 0.3 is 5.97 Å². The van der Waals surface area contributed by atoms with Crippen LogP contribution in [0.3, 0.4) is 0 Å². The highest BCUT2D eigenvalue weighted by Gasteiger charge is 2.34. The van der Waals surface area contributed by atoms with Crippen LogP contribution in [-0.4, -0.2) is 65.7 Å². The molecule has 3 rings (SSSR count). The van der Waals surface area contributed by atoms with E-state index in [1.54, 1.807) is 6.20 Å². The van der Waals surface area contributed by atoms with Gasteiger partial charge in [-0.1, -0.05) is 12.1 Å². The van der Waals surface area contributed by atoms with Crippen LogP contribution < -0.4 is 5.32 Å². The van der Waals surface area contributed by atoms with Crippen molar-refractivity contribution in [2.24, 2.45) is 5.41 Å². The molecule has 0 spiro atoms. The van der Waals surface area contributed by atoms with Gasteiger partial charge in [-0.05, 0) is 24.8 Å². The third kappa shape index (κ3) is 3.08. The molecule has 1 aromatic heterocycles. The smallest absolute Gasteiger partial charge is 0.360 e. The Kier molecular flexibility index (Phi) is 3.95. The number of carbonyl (C=O) groups is 1. The zero-order valence-electron chi connectivity index (χ0n) is 12.7. The summed E-state index contributed by atoms with van der Waals surface area (Å²) >= 11 is 0. The molecule has 0 amide bonds. The molecule has 2 saturated heterocycles. The van der Waals surface area contributed by atoms with E-state index in [0.29, 0.717) is 11.5 Å². The van der Waals surface area contributed by atoms with Crippen LogP contribution in [-0.2, 0) is 4.74 Å². The molecule has 1 aromatic rings. The van der Waals surface area contributed by atoms with Crippen LogP contribution in [0.4, 0.5) is 0 Å². The first kappa shape index (κ1) is 14.5. The summed E-state index contributed by atoms with van der Waals surface area (Å²) in [6.07, 6.45) is 3.98. The Morgan fingerprint density at radius 2 is 2.48 bits per heavy atom. The number of aromatic nitrogens is 3. The van der Waals surface area contributed by atoms with Gasteiger partial charge in [0.1, 0.15) is 0 Å². The largest absolute Gasteiger partial charge is 0.464 e. The molecule has 2 aliphatic heterocycles. The van der Waals surface area contributed by atoms with Gasteiger partial charge in [0, 0.05) is 26.2 Å². The van der Waals surface area contributed by atoms with E-state index in [-0.39, 0.29) is 5.69 Å². The van der Waals surface area contributed by atoms with Gasteiger partial charge in [-0.25, -0.2) is 9.48 Å². The summed E-state index contributed by atoms with van der Waals surface area (Å²) in [6, 6.07) is 0.300.